The Morgan fingerprint density at radius 3 is 2.57 bits per heavy atom. The topological polar surface area (TPSA) is 52.7 Å². The van der Waals surface area contributed by atoms with E-state index in [1.54, 1.807) is 11.8 Å². The average molecular weight is 404 g/mol. The molecule has 2 amide bonds. The highest BCUT2D eigenvalue weighted by Crippen LogP contribution is 2.24. The monoisotopic (exact) mass is 403 g/mol. The molecule has 2 heterocycles. The fourth-order valence-corrected chi connectivity index (χ4v) is 4.80. The molecule has 0 spiro atoms. The van der Waals surface area contributed by atoms with Crippen molar-refractivity contribution in [3.8, 4) is 0 Å². The lowest BCUT2D eigenvalue weighted by Crippen LogP contribution is -2.51. The number of hydrogen-bond acceptors (Lipinski definition) is 4. The van der Waals surface area contributed by atoms with Gasteiger partial charge in [-0.05, 0) is 50.5 Å². The van der Waals surface area contributed by atoms with Crippen LogP contribution in [0, 0.1) is 5.92 Å². The van der Waals surface area contributed by atoms with Gasteiger partial charge in [-0.25, -0.2) is 0 Å². The van der Waals surface area contributed by atoms with E-state index in [1.807, 2.05) is 29.4 Å². The van der Waals surface area contributed by atoms with Gasteiger partial charge < -0.3 is 10.2 Å². The second kappa shape index (κ2) is 10.9. The van der Waals surface area contributed by atoms with E-state index in [0.717, 1.165) is 58.3 Å². The Labute approximate surface area is 173 Å². The number of nitrogens with zero attached hydrogens (tertiary/aromatic N) is 2. The van der Waals surface area contributed by atoms with E-state index in [2.05, 4.69) is 22.3 Å². The third-order valence-corrected chi connectivity index (χ3v) is 6.52. The van der Waals surface area contributed by atoms with Crippen LogP contribution in [0.15, 0.2) is 30.3 Å². The summed E-state index contributed by atoms with van der Waals surface area (Å²) in [5, 5.41) is 3.14. The number of thioether (sulfide) groups is 1. The number of hydrogen-bond donors (Lipinski definition) is 1. The molecule has 28 heavy (non-hydrogen) atoms. The number of rotatable bonds is 7. The zero-order valence-electron chi connectivity index (χ0n) is 16.9. The molecule has 1 atom stereocenters. The number of likely N-dealkylation sites (tertiary alicyclic amines) is 2. The maximum atomic E-state index is 12.6. The third kappa shape index (κ3) is 5.98. The maximum Gasteiger partial charge on any atom is 0.232 e. The first-order valence-electron chi connectivity index (χ1n) is 10.5. The van der Waals surface area contributed by atoms with Gasteiger partial charge in [0.15, 0.2) is 0 Å². The van der Waals surface area contributed by atoms with Crippen molar-refractivity contribution in [2.45, 2.75) is 38.1 Å². The molecule has 2 saturated heterocycles. The standard InChI is InChI=1S/C22H33N3O2S/c1-28-17-21(26)24-14-10-20(11-15-24)25-13-5-8-19(16-25)22(27)23-12-9-18-6-3-2-4-7-18/h2-4,6-7,19-20H,5,8-17H2,1H3,(H,23,27)/t19-/m1/s1. The summed E-state index contributed by atoms with van der Waals surface area (Å²) in [5.74, 6) is 1.15. The van der Waals surface area contributed by atoms with Crippen molar-refractivity contribution in [3.63, 3.8) is 0 Å². The zero-order chi connectivity index (χ0) is 19.8. The quantitative estimate of drug-likeness (QED) is 0.760. The van der Waals surface area contributed by atoms with Gasteiger partial charge in [0.1, 0.15) is 0 Å². The van der Waals surface area contributed by atoms with Crippen LogP contribution in [0.2, 0.25) is 0 Å². The molecular formula is C22H33N3O2S. The van der Waals surface area contributed by atoms with E-state index in [1.165, 1.54) is 5.56 Å². The van der Waals surface area contributed by atoms with Gasteiger partial charge in [-0.1, -0.05) is 30.3 Å². The van der Waals surface area contributed by atoms with Gasteiger partial charge in [0.25, 0.3) is 0 Å². The molecule has 1 N–H and O–H groups in total. The molecule has 1 aromatic carbocycles. The van der Waals surface area contributed by atoms with Gasteiger partial charge in [0.05, 0.1) is 11.7 Å². The predicted molar refractivity (Wildman–Crippen MR) is 115 cm³/mol. The third-order valence-electron chi connectivity index (χ3n) is 5.98. The van der Waals surface area contributed by atoms with Crippen LogP contribution >= 0.6 is 11.8 Å². The van der Waals surface area contributed by atoms with E-state index in [4.69, 9.17) is 0 Å². The molecule has 5 nitrogen and oxygen atoms in total. The molecule has 0 saturated carbocycles. The zero-order valence-corrected chi connectivity index (χ0v) is 17.8. The van der Waals surface area contributed by atoms with Crippen LogP contribution in [0.3, 0.4) is 0 Å². The molecule has 0 radical (unpaired) electrons. The number of piperidine rings is 2. The highest BCUT2D eigenvalue weighted by Gasteiger charge is 2.32. The molecule has 1 aromatic rings. The van der Waals surface area contributed by atoms with E-state index in [9.17, 15) is 9.59 Å². The smallest absolute Gasteiger partial charge is 0.232 e. The van der Waals surface area contributed by atoms with E-state index >= 15 is 0 Å². The Bertz CT molecular complexity index is 632. The normalized spacial score (nSPS) is 21.5. The molecule has 3 rings (SSSR count). The summed E-state index contributed by atoms with van der Waals surface area (Å²) in [6.07, 6.45) is 6.99. The van der Waals surface area contributed by atoms with Crippen LogP contribution in [-0.2, 0) is 16.0 Å². The summed E-state index contributed by atoms with van der Waals surface area (Å²) in [4.78, 5) is 29.2. The molecule has 0 unspecified atom stereocenters. The Kier molecular flexibility index (Phi) is 8.22. The number of carbonyl (C=O) groups is 2. The van der Waals surface area contributed by atoms with Crippen molar-refractivity contribution in [1.82, 2.24) is 15.1 Å². The second-order valence-corrected chi connectivity index (χ2v) is 8.77. The molecule has 154 valence electrons. The highest BCUT2D eigenvalue weighted by atomic mass is 32.2. The van der Waals surface area contributed by atoms with Crippen LogP contribution in [0.4, 0.5) is 0 Å². The SMILES string of the molecule is CSCC(=O)N1CCC(N2CCC[C@@H](C(=O)NCCc3ccccc3)C2)CC1. The first-order valence-corrected chi connectivity index (χ1v) is 11.9. The fourth-order valence-electron chi connectivity index (χ4n) is 4.37. The van der Waals surface area contributed by atoms with Gasteiger partial charge in [0, 0.05) is 32.2 Å². The Morgan fingerprint density at radius 2 is 1.86 bits per heavy atom. The van der Waals surface area contributed by atoms with Gasteiger partial charge >= 0.3 is 0 Å². The summed E-state index contributed by atoms with van der Waals surface area (Å²) < 4.78 is 0. The molecule has 2 aliphatic heterocycles. The van der Waals surface area contributed by atoms with E-state index < -0.39 is 0 Å². The largest absolute Gasteiger partial charge is 0.355 e. The van der Waals surface area contributed by atoms with Crippen molar-refractivity contribution >= 4 is 23.6 Å². The first-order chi connectivity index (χ1) is 13.7. The number of benzene rings is 1. The predicted octanol–water partition coefficient (Wildman–Crippen LogP) is 2.41. The van der Waals surface area contributed by atoms with Crippen LogP contribution in [0.1, 0.15) is 31.2 Å². The molecule has 2 fully saturated rings. The summed E-state index contributed by atoms with van der Waals surface area (Å²) >= 11 is 1.59. The molecule has 2 aliphatic rings. The summed E-state index contributed by atoms with van der Waals surface area (Å²) in [6.45, 7) is 4.36. The second-order valence-electron chi connectivity index (χ2n) is 7.91. The van der Waals surface area contributed by atoms with Gasteiger partial charge in [-0.3, -0.25) is 14.5 Å². The minimum atomic E-state index is 0.0978. The van der Waals surface area contributed by atoms with Crippen LogP contribution in [-0.4, -0.2) is 72.4 Å². The molecular weight excluding hydrogens is 370 g/mol. The molecule has 0 bridgehead atoms. The van der Waals surface area contributed by atoms with Crippen LogP contribution in [0.5, 0.6) is 0 Å². The van der Waals surface area contributed by atoms with Gasteiger partial charge in [0.2, 0.25) is 11.8 Å². The number of nitrogens with one attached hydrogen (secondary N) is 1. The van der Waals surface area contributed by atoms with Gasteiger partial charge in [-0.15, -0.1) is 0 Å². The lowest BCUT2D eigenvalue weighted by atomic mass is 9.93. The minimum Gasteiger partial charge on any atom is -0.355 e. The van der Waals surface area contributed by atoms with Gasteiger partial charge in [-0.2, -0.15) is 11.8 Å². The number of amides is 2. The highest BCUT2D eigenvalue weighted by molar-refractivity contribution is 7.99. The van der Waals surface area contributed by atoms with E-state index in [-0.39, 0.29) is 17.7 Å². The molecule has 6 heteroatoms. The van der Waals surface area contributed by atoms with Crippen molar-refractivity contribution in [3.05, 3.63) is 35.9 Å². The summed E-state index contributed by atoms with van der Waals surface area (Å²) in [5.41, 5.74) is 1.26. The van der Waals surface area contributed by atoms with Crippen LogP contribution < -0.4 is 5.32 Å². The lowest BCUT2D eigenvalue weighted by Gasteiger charge is -2.42. The lowest BCUT2D eigenvalue weighted by molar-refractivity contribution is -0.130. The van der Waals surface area contributed by atoms with Crippen LogP contribution in [0.25, 0.3) is 0 Å². The van der Waals surface area contributed by atoms with Crippen molar-refractivity contribution < 1.29 is 9.59 Å². The molecule has 0 aromatic heterocycles. The van der Waals surface area contributed by atoms with Crippen molar-refractivity contribution in [2.24, 2.45) is 5.92 Å². The van der Waals surface area contributed by atoms with Crippen molar-refractivity contribution in [2.75, 3.05) is 44.7 Å². The maximum absolute atomic E-state index is 12.6. The fraction of sp³-hybridized carbons (Fsp3) is 0.636. The first kappa shape index (κ1) is 21.2. The Hall–Kier alpha value is -1.53. The minimum absolute atomic E-state index is 0.0978. The Balaban J connectivity index is 1.41. The molecule has 0 aliphatic carbocycles. The summed E-state index contributed by atoms with van der Waals surface area (Å²) in [6, 6.07) is 10.8. The number of carbonyl (C=O) groups excluding carboxylic acids is 2. The van der Waals surface area contributed by atoms with Crippen molar-refractivity contribution in [1.29, 1.82) is 0 Å². The average Bonchev–Trinajstić information content (AvgIpc) is 2.75. The summed E-state index contributed by atoms with van der Waals surface area (Å²) in [7, 11) is 0. The van der Waals surface area contributed by atoms with E-state index in [0.29, 0.717) is 18.3 Å². The Morgan fingerprint density at radius 1 is 1.11 bits per heavy atom.